The fourth-order valence-corrected chi connectivity index (χ4v) is 3.19. The van der Waals surface area contributed by atoms with Crippen LogP contribution in [0.2, 0.25) is 0 Å². The van der Waals surface area contributed by atoms with E-state index >= 15 is 0 Å². The molecule has 0 amide bonds. The maximum Gasteiger partial charge on any atom is 0.146 e. The molecule has 1 aromatic heterocycles. The molecule has 0 aliphatic heterocycles. The Balaban J connectivity index is 1.86. The highest BCUT2D eigenvalue weighted by molar-refractivity contribution is 5.52. The van der Waals surface area contributed by atoms with Gasteiger partial charge in [-0.15, -0.1) is 5.10 Å². The lowest BCUT2D eigenvalue weighted by atomic mass is 9.78. The Morgan fingerprint density at radius 2 is 2.00 bits per heavy atom. The summed E-state index contributed by atoms with van der Waals surface area (Å²) in [5.41, 5.74) is 1.27. The molecule has 0 radical (unpaired) electrons. The van der Waals surface area contributed by atoms with Crippen molar-refractivity contribution in [3.8, 4) is 5.69 Å². The number of hydrogen-bond acceptors (Lipinski definition) is 4. The van der Waals surface area contributed by atoms with Gasteiger partial charge in [-0.05, 0) is 53.3 Å². The number of halogens is 1. The SMILES string of the molecule is CC1CCCC(C)C1Nc1cc(-n2cnnn2)ccc1F. The van der Waals surface area contributed by atoms with Crippen molar-refractivity contribution in [1.29, 1.82) is 0 Å². The number of nitrogens with zero attached hydrogens (tertiary/aromatic N) is 4. The quantitative estimate of drug-likeness (QED) is 0.943. The molecule has 1 fully saturated rings. The summed E-state index contributed by atoms with van der Waals surface area (Å²) in [5.74, 6) is 0.853. The summed E-state index contributed by atoms with van der Waals surface area (Å²) in [6.07, 6.45) is 5.14. The van der Waals surface area contributed by atoms with Gasteiger partial charge >= 0.3 is 0 Å². The van der Waals surface area contributed by atoms with Gasteiger partial charge < -0.3 is 5.32 Å². The van der Waals surface area contributed by atoms with Crippen molar-refractivity contribution in [2.75, 3.05) is 5.32 Å². The van der Waals surface area contributed by atoms with Crippen LogP contribution in [0.5, 0.6) is 0 Å². The Labute approximate surface area is 123 Å². The number of rotatable bonds is 3. The summed E-state index contributed by atoms with van der Waals surface area (Å²) in [4.78, 5) is 0. The van der Waals surface area contributed by atoms with Crippen LogP contribution in [0, 0.1) is 17.7 Å². The Morgan fingerprint density at radius 3 is 2.67 bits per heavy atom. The third-order valence-electron chi connectivity index (χ3n) is 4.43. The third-order valence-corrected chi connectivity index (χ3v) is 4.43. The van der Waals surface area contributed by atoms with Crippen LogP contribution in [-0.4, -0.2) is 26.2 Å². The van der Waals surface area contributed by atoms with Crippen LogP contribution >= 0.6 is 0 Å². The molecule has 6 heteroatoms. The molecule has 0 spiro atoms. The minimum absolute atomic E-state index is 0.239. The largest absolute Gasteiger partial charge is 0.379 e. The van der Waals surface area contributed by atoms with Gasteiger partial charge in [0, 0.05) is 6.04 Å². The third kappa shape index (κ3) is 2.89. The van der Waals surface area contributed by atoms with E-state index in [-0.39, 0.29) is 5.82 Å². The maximum absolute atomic E-state index is 14.1. The Hall–Kier alpha value is -1.98. The Morgan fingerprint density at radius 1 is 1.24 bits per heavy atom. The van der Waals surface area contributed by atoms with Crippen molar-refractivity contribution in [2.45, 2.75) is 39.2 Å². The van der Waals surface area contributed by atoms with Crippen LogP contribution in [0.3, 0.4) is 0 Å². The van der Waals surface area contributed by atoms with Gasteiger partial charge in [0.05, 0.1) is 11.4 Å². The topological polar surface area (TPSA) is 55.6 Å². The smallest absolute Gasteiger partial charge is 0.146 e. The molecule has 3 rings (SSSR count). The molecule has 0 saturated heterocycles. The van der Waals surface area contributed by atoms with E-state index in [1.165, 1.54) is 36.3 Å². The highest BCUT2D eigenvalue weighted by Gasteiger charge is 2.28. The second kappa shape index (κ2) is 5.79. The number of anilines is 1. The van der Waals surface area contributed by atoms with E-state index in [2.05, 4.69) is 34.7 Å². The van der Waals surface area contributed by atoms with Crippen LogP contribution < -0.4 is 5.32 Å². The van der Waals surface area contributed by atoms with Gasteiger partial charge in [0.15, 0.2) is 0 Å². The first-order valence-corrected chi connectivity index (χ1v) is 7.44. The number of nitrogens with one attached hydrogen (secondary N) is 1. The van der Waals surface area contributed by atoms with E-state index in [1.54, 1.807) is 12.1 Å². The van der Waals surface area contributed by atoms with Crippen molar-refractivity contribution in [2.24, 2.45) is 11.8 Å². The van der Waals surface area contributed by atoms with Crippen molar-refractivity contribution in [3.05, 3.63) is 30.3 Å². The molecule has 2 atom stereocenters. The number of hydrogen-bond donors (Lipinski definition) is 1. The molecule has 1 aliphatic rings. The highest BCUT2D eigenvalue weighted by atomic mass is 19.1. The first kappa shape index (κ1) is 14.0. The van der Waals surface area contributed by atoms with Crippen LogP contribution in [0.4, 0.5) is 10.1 Å². The molecule has 112 valence electrons. The molecule has 0 bridgehead atoms. The Bertz CT molecular complexity index is 588. The zero-order valence-corrected chi connectivity index (χ0v) is 12.3. The molecular formula is C15H20FN5. The van der Waals surface area contributed by atoms with Gasteiger partial charge in [0.2, 0.25) is 0 Å². The minimum Gasteiger partial charge on any atom is -0.379 e. The number of tetrazole rings is 1. The van der Waals surface area contributed by atoms with Gasteiger partial charge in [-0.2, -0.15) is 0 Å². The van der Waals surface area contributed by atoms with Gasteiger partial charge in [0.1, 0.15) is 12.1 Å². The van der Waals surface area contributed by atoms with Crippen LogP contribution in [0.25, 0.3) is 5.69 Å². The molecule has 2 aromatic rings. The van der Waals surface area contributed by atoms with Gasteiger partial charge in [-0.3, -0.25) is 0 Å². The summed E-state index contributed by atoms with van der Waals surface area (Å²) < 4.78 is 15.6. The van der Waals surface area contributed by atoms with Gasteiger partial charge in [0.25, 0.3) is 0 Å². The van der Waals surface area contributed by atoms with E-state index < -0.39 is 0 Å². The fraction of sp³-hybridized carbons (Fsp3) is 0.533. The lowest BCUT2D eigenvalue weighted by molar-refractivity contribution is 0.267. The molecule has 2 unspecified atom stereocenters. The first-order chi connectivity index (χ1) is 10.1. The first-order valence-electron chi connectivity index (χ1n) is 7.44. The number of benzene rings is 1. The molecule has 5 nitrogen and oxygen atoms in total. The molecule has 1 N–H and O–H groups in total. The van der Waals surface area contributed by atoms with Crippen molar-refractivity contribution >= 4 is 5.69 Å². The fourth-order valence-electron chi connectivity index (χ4n) is 3.19. The molecule has 1 heterocycles. The summed E-state index contributed by atoms with van der Waals surface area (Å²) in [6.45, 7) is 4.47. The van der Waals surface area contributed by atoms with Crippen molar-refractivity contribution in [1.82, 2.24) is 20.2 Å². The summed E-state index contributed by atoms with van der Waals surface area (Å²) >= 11 is 0. The van der Waals surface area contributed by atoms with Crippen LogP contribution in [0.1, 0.15) is 33.1 Å². The zero-order chi connectivity index (χ0) is 14.8. The number of aromatic nitrogens is 4. The average Bonchev–Trinajstić information content (AvgIpc) is 2.99. The standard InChI is InChI=1S/C15H20FN5/c1-10-4-3-5-11(2)15(10)18-14-8-12(6-7-13(14)16)21-9-17-19-20-21/h6-11,15,18H,3-5H2,1-2H3. The van der Waals surface area contributed by atoms with Crippen LogP contribution in [-0.2, 0) is 0 Å². The van der Waals surface area contributed by atoms with E-state index in [4.69, 9.17) is 0 Å². The van der Waals surface area contributed by atoms with Crippen LogP contribution in [0.15, 0.2) is 24.5 Å². The molecule has 1 aliphatic carbocycles. The summed E-state index contributed by atoms with van der Waals surface area (Å²) in [6, 6.07) is 5.19. The van der Waals surface area contributed by atoms with Crippen molar-refractivity contribution < 1.29 is 4.39 Å². The Kier molecular flexibility index (Phi) is 3.86. The zero-order valence-electron chi connectivity index (χ0n) is 12.3. The molecule has 1 aromatic carbocycles. The van der Waals surface area contributed by atoms with Gasteiger partial charge in [-0.25, -0.2) is 9.07 Å². The predicted molar refractivity (Wildman–Crippen MR) is 78.7 cm³/mol. The maximum atomic E-state index is 14.1. The molecular weight excluding hydrogens is 269 g/mol. The predicted octanol–water partition coefficient (Wildman–Crippen LogP) is 3.04. The minimum atomic E-state index is -0.239. The average molecular weight is 289 g/mol. The summed E-state index contributed by atoms with van der Waals surface area (Å²) in [5, 5.41) is 14.5. The van der Waals surface area contributed by atoms with E-state index in [1.807, 2.05) is 0 Å². The molecule has 21 heavy (non-hydrogen) atoms. The van der Waals surface area contributed by atoms with E-state index in [0.717, 1.165) is 5.69 Å². The summed E-state index contributed by atoms with van der Waals surface area (Å²) in [7, 11) is 0. The van der Waals surface area contributed by atoms with Gasteiger partial charge in [-0.1, -0.05) is 20.3 Å². The second-order valence-electron chi connectivity index (χ2n) is 5.97. The highest BCUT2D eigenvalue weighted by Crippen LogP contribution is 2.32. The lowest BCUT2D eigenvalue weighted by Crippen LogP contribution is -2.37. The lowest BCUT2D eigenvalue weighted by Gasteiger charge is -2.36. The van der Waals surface area contributed by atoms with Crippen molar-refractivity contribution in [3.63, 3.8) is 0 Å². The van der Waals surface area contributed by atoms with E-state index in [0.29, 0.717) is 23.6 Å². The molecule has 1 saturated carbocycles. The van der Waals surface area contributed by atoms with E-state index in [9.17, 15) is 4.39 Å². The second-order valence-corrected chi connectivity index (χ2v) is 5.97. The monoisotopic (exact) mass is 289 g/mol. The normalized spacial score (nSPS) is 25.8.